The van der Waals surface area contributed by atoms with Crippen LogP contribution in [0, 0.1) is 17.8 Å². The lowest BCUT2D eigenvalue weighted by Crippen LogP contribution is -2.50. The van der Waals surface area contributed by atoms with Crippen LogP contribution in [-0.2, 0) is 4.74 Å². The maximum atomic E-state index is 12.2. The molecule has 0 radical (unpaired) electrons. The largest absolute Gasteiger partial charge is 0.444 e. The van der Waals surface area contributed by atoms with Gasteiger partial charge >= 0.3 is 6.09 Å². The maximum Gasteiger partial charge on any atom is 0.410 e. The zero-order valence-corrected chi connectivity index (χ0v) is 15.9. The van der Waals surface area contributed by atoms with E-state index in [1.54, 1.807) is 0 Å². The quantitative estimate of drug-likeness (QED) is 0.856. The molecule has 3 fully saturated rings. The summed E-state index contributed by atoms with van der Waals surface area (Å²) in [6, 6.07) is 0.605. The molecule has 1 amide bonds. The molecule has 0 aromatic heterocycles. The number of ether oxygens (including phenoxy) is 1. The number of hydrogen-bond donors (Lipinski definition) is 1. The number of rotatable bonds is 4. The van der Waals surface area contributed by atoms with Crippen molar-refractivity contribution in [2.24, 2.45) is 17.8 Å². The zero-order valence-electron chi connectivity index (χ0n) is 15.9. The van der Waals surface area contributed by atoms with Gasteiger partial charge in [0.05, 0.1) is 0 Å². The van der Waals surface area contributed by atoms with Gasteiger partial charge in [-0.25, -0.2) is 4.79 Å². The van der Waals surface area contributed by atoms with Crippen LogP contribution in [0.1, 0.15) is 46.5 Å². The molecule has 3 aliphatic rings. The Hall–Kier alpha value is -0.810. The predicted octanol–water partition coefficient (Wildman–Crippen LogP) is 2.56. The van der Waals surface area contributed by atoms with Gasteiger partial charge in [-0.1, -0.05) is 0 Å². The lowest BCUT2D eigenvalue weighted by molar-refractivity contribution is 0.0287. The number of nitrogens with one attached hydrogen (secondary N) is 1. The van der Waals surface area contributed by atoms with Crippen molar-refractivity contribution in [2.45, 2.75) is 58.1 Å². The summed E-state index contributed by atoms with van der Waals surface area (Å²) in [6.07, 6.45) is 5.08. The molecule has 0 aromatic rings. The minimum atomic E-state index is -0.398. The number of carbonyl (C=O) groups excluding carboxylic acids is 1. The van der Waals surface area contributed by atoms with Gasteiger partial charge in [0.1, 0.15) is 5.60 Å². The standard InChI is InChI=1S/C19H35N3O2/c1-19(2,3)24-18(23)22-12-15-11-17(16(15)13-22)20-8-5-14-6-9-21(4)10-7-14/h14-17,20H,5-13H2,1-4H3. The van der Waals surface area contributed by atoms with E-state index >= 15 is 0 Å². The first-order chi connectivity index (χ1) is 11.3. The number of likely N-dealkylation sites (tertiary alicyclic amines) is 2. The minimum absolute atomic E-state index is 0.137. The van der Waals surface area contributed by atoms with Gasteiger partial charge < -0.3 is 19.9 Å². The Labute approximate surface area is 147 Å². The summed E-state index contributed by atoms with van der Waals surface area (Å²) in [6.45, 7) is 11.2. The second kappa shape index (κ2) is 7.20. The van der Waals surface area contributed by atoms with Gasteiger partial charge in [0, 0.05) is 19.1 Å². The first-order valence-electron chi connectivity index (χ1n) is 9.71. The molecule has 2 heterocycles. The molecule has 0 aromatic carbocycles. The maximum absolute atomic E-state index is 12.2. The van der Waals surface area contributed by atoms with Crippen LogP contribution in [0.25, 0.3) is 0 Å². The monoisotopic (exact) mass is 337 g/mol. The van der Waals surface area contributed by atoms with Crippen LogP contribution < -0.4 is 5.32 Å². The Morgan fingerprint density at radius 3 is 2.58 bits per heavy atom. The third kappa shape index (κ3) is 4.42. The van der Waals surface area contributed by atoms with E-state index in [2.05, 4.69) is 17.3 Å². The second-order valence-electron chi connectivity index (χ2n) is 9.14. The van der Waals surface area contributed by atoms with Crippen LogP contribution in [0.15, 0.2) is 0 Å². The minimum Gasteiger partial charge on any atom is -0.444 e. The zero-order chi connectivity index (χ0) is 17.3. The Morgan fingerprint density at radius 2 is 1.92 bits per heavy atom. The molecule has 1 N–H and O–H groups in total. The first kappa shape index (κ1) is 18.0. The Kier molecular flexibility index (Phi) is 5.40. The molecule has 2 aliphatic heterocycles. The van der Waals surface area contributed by atoms with Gasteiger partial charge in [-0.05, 0) is 90.9 Å². The Bertz CT molecular complexity index is 440. The predicted molar refractivity (Wildman–Crippen MR) is 96.0 cm³/mol. The highest BCUT2D eigenvalue weighted by Gasteiger charge is 2.48. The van der Waals surface area contributed by atoms with Crippen molar-refractivity contribution in [3.05, 3.63) is 0 Å². The topological polar surface area (TPSA) is 44.8 Å². The molecule has 5 nitrogen and oxygen atoms in total. The van der Waals surface area contributed by atoms with E-state index in [0.717, 1.165) is 25.6 Å². The van der Waals surface area contributed by atoms with Crippen LogP contribution in [0.3, 0.4) is 0 Å². The molecule has 3 atom stereocenters. The van der Waals surface area contributed by atoms with Gasteiger partial charge in [-0.3, -0.25) is 0 Å². The normalized spacial score (nSPS) is 31.7. The van der Waals surface area contributed by atoms with Gasteiger partial charge in [0.25, 0.3) is 0 Å². The van der Waals surface area contributed by atoms with Crippen LogP contribution in [0.2, 0.25) is 0 Å². The number of piperidine rings is 1. The van der Waals surface area contributed by atoms with Crippen LogP contribution in [0.4, 0.5) is 4.79 Å². The molecule has 3 unspecified atom stereocenters. The molecule has 0 bridgehead atoms. The van der Waals surface area contributed by atoms with E-state index in [-0.39, 0.29) is 6.09 Å². The summed E-state index contributed by atoms with van der Waals surface area (Å²) in [5, 5.41) is 3.76. The van der Waals surface area contributed by atoms with Crippen molar-refractivity contribution in [2.75, 3.05) is 39.8 Å². The number of nitrogens with zero attached hydrogens (tertiary/aromatic N) is 2. The SMILES string of the molecule is CN1CCC(CCNC2CC3CN(C(=O)OC(C)(C)C)CC32)CC1. The fourth-order valence-electron chi connectivity index (χ4n) is 4.44. The third-order valence-corrected chi connectivity index (χ3v) is 6.01. The fraction of sp³-hybridized carbons (Fsp3) is 0.947. The molecule has 1 aliphatic carbocycles. The van der Waals surface area contributed by atoms with Crippen molar-refractivity contribution < 1.29 is 9.53 Å². The molecule has 3 rings (SSSR count). The van der Waals surface area contributed by atoms with Crippen molar-refractivity contribution in [3.8, 4) is 0 Å². The second-order valence-corrected chi connectivity index (χ2v) is 9.14. The first-order valence-corrected chi connectivity index (χ1v) is 9.71. The van der Waals surface area contributed by atoms with E-state index in [1.165, 1.54) is 38.8 Å². The molecule has 2 saturated heterocycles. The third-order valence-electron chi connectivity index (χ3n) is 6.01. The number of hydrogen-bond acceptors (Lipinski definition) is 4. The highest BCUT2D eigenvalue weighted by atomic mass is 16.6. The average molecular weight is 338 g/mol. The Morgan fingerprint density at radius 1 is 1.21 bits per heavy atom. The number of carbonyl (C=O) groups is 1. The summed E-state index contributed by atoms with van der Waals surface area (Å²) in [7, 11) is 2.22. The van der Waals surface area contributed by atoms with E-state index < -0.39 is 5.60 Å². The van der Waals surface area contributed by atoms with Crippen molar-refractivity contribution >= 4 is 6.09 Å². The smallest absolute Gasteiger partial charge is 0.410 e. The number of fused-ring (bicyclic) bond motifs is 1. The summed E-state index contributed by atoms with van der Waals surface area (Å²) in [4.78, 5) is 16.6. The molecule has 5 heteroatoms. The fourth-order valence-corrected chi connectivity index (χ4v) is 4.44. The molecule has 1 saturated carbocycles. The molecule has 24 heavy (non-hydrogen) atoms. The summed E-state index contributed by atoms with van der Waals surface area (Å²) in [5.41, 5.74) is -0.398. The summed E-state index contributed by atoms with van der Waals surface area (Å²) in [5.74, 6) is 2.21. The Balaban J connectivity index is 1.35. The van der Waals surface area contributed by atoms with Crippen LogP contribution in [-0.4, -0.2) is 67.3 Å². The molecule has 0 spiro atoms. The molecular weight excluding hydrogens is 302 g/mol. The van der Waals surface area contributed by atoms with Crippen molar-refractivity contribution in [1.82, 2.24) is 15.1 Å². The van der Waals surface area contributed by atoms with Gasteiger partial charge in [-0.2, -0.15) is 0 Å². The van der Waals surface area contributed by atoms with Gasteiger partial charge in [0.15, 0.2) is 0 Å². The van der Waals surface area contributed by atoms with E-state index in [0.29, 0.717) is 17.9 Å². The average Bonchev–Trinajstić information content (AvgIpc) is 2.81. The summed E-state index contributed by atoms with van der Waals surface area (Å²) < 4.78 is 5.51. The van der Waals surface area contributed by atoms with Crippen molar-refractivity contribution in [3.63, 3.8) is 0 Å². The molecular formula is C19H35N3O2. The number of amides is 1. The highest BCUT2D eigenvalue weighted by molar-refractivity contribution is 5.68. The van der Waals surface area contributed by atoms with E-state index in [4.69, 9.17) is 4.74 Å². The van der Waals surface area contributed by atoms with E-state index in [9.17, 15) is 4.79 Å². The highest BCUT2D eigenvalue weighted by Crippen LogP contribution is 2.41. The van der Waals surface area contributed by atoms with Crippen LogP contribution >= 0.6 is 0 Å². The van der Waals surface area contributed by atoms with Crippen LogP contribution in [0.5, 0.6) is 0 Å². The lowest BCUT2D eigenvalue weighted by Gasteiger charge is -2.40. The van der Waals surface area contributed by atoms with Crippen molar-refractivity contribution in [1.29, 1.82) is 0 Å². The van der Waals surface area contributed by atoms with Gasteiger partial charge in [0.2, 0.25) is 0 Å². The summed E-state index contributed by atoms with van der Waals surface area (Å²) >= 11 is 0. The van der Waals surface area contributed by atoms with E-state index in [1.807, 2.05) is 25.7 Å². The van der Waals surface area contributed by atoms with Gasteiger partial charge in [-0.15, -0.1) is 0 Å². The molecule has 138 valence electrons. The lowest BCUT2D eigenvalue weighted by atomic mass is 9.71.